The minimum absolute atomic E-state index is 0.00140. The van der Waals surface area contributed by atoms with E-state index < -0.39 is 35.4 Å². The first-order valence-electron chi connectivity index (χ1n) is 12.9. The summed E-state index contributed by atoms with van der Waals surface area (Å²) < 4.78 is 47.1. The number of nitrogens with zero attached hydrogens (tertiary/aromatic N) is 3. The molecule has 1 aromatic heterocycles. The molecule has 0 aliphatic carbocycles. The molecule has 2 aromatic carbocycles. The van der Waals surface area contributed by atoms with Gasteiger partial charge in [0.05, 0.1) is 39.9 Å². The Morgan fingerprint density at radius 3 is 2.67 bits per heavy atom. The zero-order chi connectivity index (χ0) is 30.7. The number of aromatic nitrogens is 2. The van der Waals surface area contributed by atoms with Crippen molar-refractivity contribution >= 4 is 57.4 Å². The number of rotatable bonds is 9. The maximum absolute atomic E-state index is 13.5. The molecule has 1 unspecified atom stereocenters. The minimum atomic E-state index is -4.55. The Morgan fingerprint density at radius 2 is 1.95 bits per heavy atom. The number of hydrogen-bond acceptors (Lipinski definition) is 7. The lowest BCUT2D eigenvalue weighted by atomic mass is 10.1. The third-order valence-corrected chi connectivity index (χ3v) is 7.08. The number of aliphatic imine (C=N–C) groups is 1. The topological polar surface area (TPSA) is 118 Å². The number of aliphatic hydroxyl groups is 1. The number of amides is 2. The fourth-order valence-electron chi connectivity index (χ4n) is 4.05. The van der Waals surface area contributed by atoms with Crippen LogP contribution >= 0.6 is 23.4 Å². The van der Waals surface area contributed by atoms with Crippen molar-refractivity contribution in [3.63, 3.8) is 0 Å². The van der Waals surface area contributed by atoms with E-state index >= 15 is 0 Å². The lowest BCUT2D eigenvalue weighted by Gasteiger charge is -2.20. The molecule has 14 heteroatoms. The highest BCUT2D eigenvalue weighted by Gasteiger charge is 2.33. The molecule has 0 bridgehead atoms. The third-order valence-electron chi connectivity index (χ3n) is 5.86. The summed E-state index contributed by atoms with van der Waals surface area (Å²) in [6, 6.07) is 8.93. The van der Waals surface area contributed by atoms with Crippen LogP contribution in [0.2, 0.25) is 5.02 Å². The van der Waals surface area contributed by atoms with Crippen molar-refractivity contribution in [3.05, 3.63) is 69.2 Å². The van der Waals surface area contributed by atoms with Crippen LogP contribution < -0.4 is 10.6 Å². The highest BCUT2D eigenvalue weighted by atomic mass is 35.5. The van der Waals surface area contributed by atoms with Crippen LogP contribution in [0.4, 0.5) is 18.0 Å². The Morgan fingerprint density at radius 1 is 1.19 bits per heavy atom. The van der Waals surface area contributed by atoms with Crippen LogP contribution in [-0.2, 0) is 22.3 Å². The number of carbonyl (C=O) groups excluding carboxylic acids is 2. The Bertz CT molecular complexity index is 1550. The molecule has 3 N–H and O–H groups in total. The summed E-state index contributed by atoms with van der Waals surface area (Å²) in [5.74, 6) is -0.401. The molecule has 3 aromatic rings. The maximum atomic E-state index is 13.5. The van der Waals surface area contributed by atoms with Gasteiger partial charge < -0.3 is 20.5 Å². The van der Waals surface area contributed by atoms with Gasteiger partial charge in [0.25, 0.3) is 5.91 Å². The summed E-state index contributed by atoms with van der Waals surface area (Å²) in [5, 5.41) is 21.1. The van der Waals surface area contributed by atoms with E-state index in [2.05, 4.69) is 20.7 Å². The van der Waals surface area contributed by atoms with E-state index in [1.165, 1.54) is 28.6 Å². The first-order valence-corrected chi connectivity index (χ1v) is 14.1. The highest BCUT2D eigenvalue weighted by molar-refractivity contribution is 8.18. The fraction of sp³-hybridized carbons (Fsp3) is 0.357. The van der Waals surface area contributed by atoms with Crippen LogP contribution in [0.25, 0.3) is 17.0 Å². The minimum Gasteiger partial charge on any atom is -0.444 e. The molecule has 1 atom stereocenters. The molecule has 0 spiro atoms. The smallest absolute Gasteiger partial charge is 0.416 e. The SMILES string of the molecule is CC(C)(C)OC(=O)NCC(O)CNCC1=NC(=O)/C(=C/c2ccc3c(cnn3Cc3ccc(Cl)cc3C(F)(F)F)c2)S1. The summed E-state index contributed by atoms with van der Waals surface area (Å²) in [6.45, 7) is 5.52. The van der Waals surface area contributed by atoms with Gasteiger partial charge in [-0.3, -0.25) is 9.48 Å². The van der Waals surface area contributed by atoms with Gasteiger partial charge in [0, 0.05) is 30.0 Å². The van der Waals surface area contributed by atoms with E-state index in [0.29, 0.717) is 26.4 Å². The molecule has 4 rings (SSSR count). The number of carbonyl (C=O) groups is 2. The Balaban J connectivity index is 1.33. The second kappa shape index (κ2) is 12.9. The van der Waals surface area contributed by atoms with Gasteiger partial charge >= 0.3 is 12.3 Å². The molecule has 42 heavy (non-hydrogen) atoms. The molecule has 1 aliphatic rings. The fourth-order valence-corrected chi connectivity index (χ4v) is 5.10. The molecule has 0 fully saturated rings. The van der Waals surface area contributed by atoms with Crippen LogP contribution in [0.5, 0.6) is 0 Å². The van der Waals surface area contributed by atoms with E-state index in [1.54, 1.807) is 51.2 Å². The average molecular weight is 624 g/mol. The lowest BCUT2D eigenvalue weighted by Crippen LogP contribution is -2.41. The first kappa shape index (κ1) is 31.5. The van der Waals surface area contributed by atoms with Crippen molar-refractivity contribution in [3.8, 4) is 0 Å². The van der Waals surface area contributed by atoms with Crippen molar-refractivity contribution in [2.75, 3.05) is 19.6 Å². The second-order valence-corrected chi connectivity index (χ2v) is 12.1. The summed E-state index contributed by atoms with van der Waals surface area (Å²) in [7, 11) is 0. The van der Waals surface area contributed by atoms with E-state index in [4.69, 9.17) is 16.3 Å². The largest absolute Gasteiger partial charge is 0.444 e. The number of benzene rings is 2. The predicted octanol–water partition coefficient (Wildman–Crippen LogP) is 5.24. The van der Waals surface area contributed by atoms with Crippen LogP contribution in [0.1, 0.15) is 37.5 Å². The standard InChI is InChI=1S/C28H29ClF3N5O4S/c1-27(2,3)41-26(40)34-13-20(38)12-33-14-24-36-25(39)23(42-24)9-16-4-7-22-18(8-16)11-35-37(22)15-17-5-6-19(29)10-21(17)28(30,31)32/h4-11,20,33,38H,12-15H2,1-3H3,(H,34,40)/b23-9-. The van der Waals surface area contributed by atoms with Gasteiger partial charge in [-0.2, -0.15) is 18.3 Å². The number of halogens is 4. The number of alkyl carbamates (subject to hydrolysis) is 1. The molecule has 224 valence electrons. The van der Waals surface area contributed by atoms with Crippen LogP contribution in [0.3, 0.4) is 0 Å². The number of hydrogen-bond donors (Lipinski definition) is 3. The van der Waals surface area contributed by atoms with Gasteiger partial charge in [0.15, 0.2) is 0 Å². The molecular weight excluding hydrogens is 595 g/mol. The van der Waals surface area contributed by atoms with Gasteiger partial charge in [0.1, 0.15) is 5.60 Å². The van der Waals surface area contributed by atoms with Crippen LogP contribution in [0, 0.1) is 0 Å². The highest BCUT2D eigenvalue weighted by Crippen LogP contribution is 2.35. The van der Waals surface area contributed by atoms with Crippen molar-refractivity contribution in [1.29, 1.82) is 0 Å². The van der Waals surface area contributed by atoms with Gasteiger partial charge in [-0.15, -0.1) is 0 Å². The summed E-state index contributed by atoms with van der Waals surface area (Å²) in [6.07, 6.45) is -2.81. The monoisotopic (exact) mass is 623 g/mol. The third kappa shape index (κ3) is 8.57. The van der Waals surface area contributed by atoms with Crippen molar-refractivity contribution in [1.82, 2.24) is 20.4 Å². The van der Waals surface area contributed by atoms with E-state index in [0.717, 1.165) is 6.07 Å². The molecule has 0 radical (unpaired) electrons. The number of aliphatic hydroxyl groups excluding tert-OH is 1. The average Bonchev–Trinajstić information content (AvgIpc) is 3.44. The summed E-state index contributed by atoms with van der Waals surface area (Å²) in [4.78, 5) is 28.6. The Kier molecular flexibility index (Phi) is 9.66. The number of alkyl halides is 3. The van der Waals surface area contributed by atoms with Gasteiger partial charge in [-0.25, -0.2) is 9.79 Å². The van der Waals surface area contributed by atoms with Gasteiger partial charge in [-0.1, -0.05) is 35.5 Å². The first-order chi connectivity index (χ1) is 19.7. The quantitative estimate of drug-likeness (QED) is 0.279. The van der Waals surface area contributed by atoms with Crippen molar-refractivity contribution < 1.29 is 32.6 Å². The predicted molar refractivity (Wildman–Crippen MR) is 156 cm³/mol. The van der Waals surface area contributed by atoms with E-state index in [-0.39, 0.29) is 36.8 Å². The van der Waals surface area contributed by atoms with Gasteiger partial charge in [-0.05, 0) is 62.2 Å². The molecule has 0 saturated carbocycles. The molecule has 2 amide bonds. The summed E-state index contributed by atoms with van der Waals surface area (Å²) >= 11 is 6.99. The normalized spacial score (nSPS) is 15.8. The Hall–Kier alpha value is -3.39. The molecule has 9 nitrogen and oxygen atoms in total. The maximum Gasteiger partial charge on any atom is 0.416 e. The van der Waals surface area contributed by atoms with Crippen LogP contribution in [-0.4, -0.2) is 63.3 Å². The molecule has 2 heterocycles. The number of thioether (sulfide) groups is 1. The van der Waals surface area contributed by atoms with E-state index in [9.17, 15) is 27.9 Å². The second-order valence-electron chi connectivity index (χ2n) is 10.5. The number of fused-ring (bicyclic) bond motifs is 1. The number of ether oxygens (including phenoxy) is 1. The van der Waals surface area contributed by atoms with Crippen molar-refractivity contribution in [2.24, 2.45) is 4.99 Å². The van der Waals surface area contributed by atoms with E-state index in [1.807, 2.05) is 0 Å². The van der Waals surface area contributed by atoms with Crippen molar-refractivity contribution in [2.45, 2.75) is 45.2 Å². The molecule has 0 saturated heterocycles. The number of nitrogens with one attached hydrogen (secondary N) is 2. The Labute approximate surface area is 249 Å². The molecular formula is C28H29ClF3N5O4S. The van der Waals surface area contributed by atoms with Gasteiger partial charge in [0.2, 0.25) is 0 Å². The zero-order valence-electron chi connectivity index (χ0n) is 23.0. The summed E-state index contributed by atoms with van der Waals surface area (Å²) in [5.41, 5.74) is -0.0752. The van der Waals surface area contributed by atoms with Crippen LogP contribution in [0.15, 0.2) is 52.5 Å². The molecule has 1 aliphatic heterocycles. The zero-order valence-corrected chi connectivity index (χ0v) is 24.5. The lowest BCUT2D eigenvalue weighted by molar-refractivity contribution is -0.138.